The maximum absolute atomic E-state index is 12.8. The van der Waals surface area contributed by atoms with Crippen LogP contribution in [0.15, 0.2) is 0 Å². The molecule has 29 heavy (non-hydrogen) atoms. The lowest BCUT2D eigenvalue weighted by molar-refractivity contribution is -0.142. The highest BCUT2D eigenvalue weighted by molar-refractivity contribution is 7.98. The molecule has 3 amide bonds. The lowest BCUT2D eigenvalue weighted by Gasteiger charge is -2.26. The molecule has 0 saturated carbocycles. The summed E-state index contributed by atoms with van der Waals surface area (Å²) >= 11 is 1.49. The van der Waals surface area contributed by atoms with Gasteiger partial charge < -0.3 is 26.8 Å². The van der Waals surface area contributed by atoms with Gasteiger partial charge in [-0.3, -0.25) is 14.4 Å². The van der Waals surface area contributed by atoms with Gasteiger partial charge in [0, 0.05) is 0 Å². The Balaban J connectivity index is 5.31. The van der Waals surface area contributed by atoms with Gasteiger partial charge >= 0.3 is 5.97 Å². The van der Waals surface area contributed by atoms with Gasteiger partial charge in [-0.05, 0) is 43.1 Å². The summed E-state index contributed by atoms with van der Waals surface area (Å²) in [4.78, 5) is 48.5. The molecule has 168 valence electrons. The van der Waals surface area contributed by atoms with E-state index in [0.717, 1.165) is 0 Å². The topological polar surface area (TPSA) is 151 Å². The second kappa shape index (κ2) is 14.2. The average molecular weight is 433 g/mol. The maximum Gasteiger partial charge on any atom is 0.326 e. The standard InChI is InChI=1S/C19H36N4O5S/c1-11(2)8-14(21-16(24)10-20)17(25)23-15(9-12(3)4)18(26)22-13(19(27)28)6-7-29-5/h11-15H,6-10,20H2,1-5H3,(H,21,24)(H,22,26)(H,23,25)(H,27,28). The largest absolute Gasteiger partial charge is 0.480 e. The highest BCUT2D eigenvalue weighted by Gasteiger charge is 2.30. The summed E-state index contributed by atoms with van der Waals surface area (Å²) in [7, 11) is 0. The Morgan fingerprint density at radius 1 is 0.862 bits per heavy atom. The van der Waals surface area contributed by atoms with E-state index in [-0.39, 0.29) is 24.8 Å². The van der Waals surface area contributed by atoms with Crippen molar-refractivity contribution in [1.82, 2.24) is 16.0 Å². The molecule has 0 fully saturated rings. The zero-order chi connectivity index (χ0) is 22.6. The zero-order valence-electron chi connectivity index (χ0n) is 18.0. The first-order valence-corrected chi connectivity index (χ1v) is 11.2. The first kappa shape index (κ1) is 27.2. The predicted molar refractivity (Wildman–Crippen MR) is 114 cm³/mol. The van der Waals surface area contributed by atoms with Crippen LogP contribution in [-0.4, -0.2) is 65.5 Å². The molecule has 10 heteroatoms. The molecule has 0 saturated heterocycles. The predicted octanol–water partition coefficient (Wildman–Crippen LogP) is 0.329. The third-order valence-electron chi connectivity index (χ3n) is 4.11. The second-order valence-corrected chi connectivity index (χ2v) is 8.81. The molecule has 3 unspecified atom stereocenters. The maximum atomic E-state index is 12.8. The number of nitrogens with two attached hydrogens (primary N) is 1. The number of carboxylic acid groups (broad SMARTS) is 1. The number of hydrogen-bond acceptors (Lipinski definition) is 6. The lowest BCUT2D eigenvalue weighted by Crippen LogP contribution is -2.56. The van der Waals surface area contributed by atoms with Gasteiger partial charge in [-0.15, -0.1) is 0 Å². The molecule has 0 spiro atoms. The summed E-state index contributed by atoms with van der Waals surface area (Å²) in [6, 6.07) is -2.74. The van der Waals surface area contributed by atoms with E-state index in [0.29, 0.717) is 18.6 Å². The molecule has 9 nitrogen and oxygen atoms in total. The highest BCUT2D eigenvalue weighted by Crippen LogP contribution is 2.10. The van der Waals surface area contributed by atoms with Crippen molar-refractivity contribution in [2.45, 2.75) is 65.1 Å². The van der Waals surface area contributed by atoms with Crippen molar-refractivity contribution in [2.75, 3.05) is 18.6 Å². The van der Waals surface area contributed by atoms with Crippen molar-refractivity contribution in [2.24, 2.45) is 17.6 Å². The monoisotopic (exact) mass is 432 g/mol. The van der Waals surface area contributed by atoms with Crippen molar-refractivity contribution >= 4 is 35.5 Å². The van der Waals surface area contributed by atoms with E-state index < -0.39 is 41.8 Å². The molecule has 0 aromatic rings. The molecule has 0 heterocycles. The fraction of sp³-hybridized carbons (Fsp3) is 0.789. The van der Waals surface area contributed by atoms with Gasteiger partial charge in [0.1, 0.15) is 18.1 Å². The number of carbonyl (C=O) groups excluding carboxylic acids is 3. The molecule has 0 aliphatic carbocycles. The van der Waals surface area contributed by atoms with Crippen LogP contribution in [0.25, 0.3) is 0 Å². The van der Waals surface area contributed by atoms with Crippen molar-refractivity contribution in [1.29, 1.82) is 0 Å². The van der Waals surface area contributed by atoms with Crippen LogP contribution >= 0.6 is 11.8 Å². The summed E-state index contributed by atoms with van der Waals surface area (Å²) < 4.78 is 0. The minimum Gasteiger partial charge on any atom is -0.480 e. The summed E-state index contributed by atoms with van der Waals surface area (Å²) in [5, 5.41) is 17.1. The molecule has 0 aromatic carbocycles. The van der Waals surface area contributed by atoms with Crippen molar-refractivity contribution in [3.8, 4) is 0 Å². The van der Waals surface area contributed by atoms with Gasteiger partial charge in [-0.25, -0.2) is 4.79 Å². The number of thioether (sulfide) groups is 1. The van der Waals surface area contributed by atoms with Crippen LogP contribution in [0, 0.1) is 11.8 Å². The Kier molecular flexibility index (Phi) is 13.3. The van der Waals surface area contributed by atoms with E-state index in [1.54, 1.807) is 0 Å². The minimum atomic E-state index is -1.12. The first-order chi connectivity index (χ1) is 13.5. The summed E-state index contributed by atoms with van der Waals surface area (Å²) in [5.41, 5.74) is 5.32. The van der Waals surface area contributed by atoms with Crippen LogP contribution in [0.5, 0.6) is 0 Å². The molecule has 0 aromatic heterocycles. The van der Waals surface area contributed by atoms with Gasteiger partial charge in [0.25, 0.3) is 0 Å². The van der Waals surface area contributed by atoms with Crippen molar-refractivity contribution in [3.05, 3.63) is 0 Å². The third-order valence-corrected chi connectivity index (χ3v) is 4.75. The summed E-state index contributed by atoms with van der Waals surface area (Å²) in [5.74, 6) is -1.81. The van der Waals surface area contributed by atoms with E-state index in [4.69, 9.17) is 5.73 Å². The molecule has 0 aliphatic heterocycles. The minimum absolute atomic E-state index is 0.0858. The highest BCUT2D eigenvalue weighted by atomic mass is 32.2. The van der Waals surface area contributed by atoms with Crippen LogP contribution in [-0.2, 0) is 19.2 Å². The average Bonchev–Trinajstić information content (AvgIpc) is 2.62. The van der Waals surface area contributed by atoms with Gasteiger partial charge in [0.15, 0.2) is 0 Å². The molecule has 0 radical (unpaired) electrons. The first-order valence-electron chi connectivity index (χ1n) is 9.83. The van der Waals surface area contributed by atoms with Gasteiger partial charge in [-0.1, -0.05) is 27.7 Å². The van der Waals surface area contributed by atoms with Crippen molar-refractivity contribution in [3.63, 3.8) is 0 Å². The van der Waals surface area contributed by atoms with Gasteiger partial charge in [0.2, 0.25) is 17.7 Å². The number of rotatable bonds is 14. The smallest absolute Gasteiger partial charge is 0.326 e. The molecule has 0 bridgehead atoms. The molecule has 0 aliphatic rings. The molecular formula is C19H36N4O5S. The molecule has 3 atom stereocenters. The van der Waals surface area contributed by atoms with Crippen LogP contribution in [0.3, 0.4) is 0 Å². The van der Waals surface area contributed by atoms with E-state index in [1.807, 2.05) is 34.0 Å². The Labute approximate surface area is 177 Å². The molecule has 0 rings (SSSR count). The van der Waals surface area contributed by atoms with Crippen LogP contribution in [0.1, 0.15) is 47.0 Å². The number of nitrogens with one attached hydrogen (secondary N) is 3. The van der Waals surface area contributed by atoms with Crippen LogP contribution < -0.4 is 21.7 Å². The Morgan fingerprint density at radius 3 is 1.69 bits per heavy atom. The second-order valence-electron chi connectivity index (χ2n) is 7.83. The molecule has 6 N–H and O–H groups in total. The van der Waals surface area contributed by atoms with Crippen LogP contribution in [0.2, 0.25) is 0 Å². The third kappa shape index (κ3) is 11.7. The van der Waals surface area contributed by atoms with E-state index >= 15 is 0 Å². The SMILES string of the molecule is CSCCC(NC(=O)C(CC(C)C)NC(=O)C(CC(C)C)NC(=O)CN)C(=O)O. The fourth-order valence-electron chi connectivity index (χ4n) is 2.70. The van der Waals surface area contributed by atoms with Gasteiger partial charge in [-0.2, -0.15) is 11.8 Å². The summed E-state index contributed by atoms with van der Waals surface area (Å²) in [6.45, 7) is 7.38. The quantitative estimate of drug-likeness (QED) is 0.265. The summed E-state index contributed by atoms with van der Waals surface area (Å²) in [6.07, 6.45) is 2.87. The van der Waals surface area contributed by atoms with Gasteiger partial charge in [0.05, 0.1) is 6.54 Å². The van der Waals surface area contributed by atoms with Crippen molar-refractivity contribution < 1.29 is 24.3 Å². The number of carboxylic acids is 1. The number of aliphatic carboxylic acids is 1. The lowest BCUT2D eigenvalue weighted by atomic mass is 9.99. The Hall–Kier alpha value is -1.81. The number of hydrogen-bond donors (Lipinski definition) is 5. The Bertz CT molecular complexity index is 557. The Morgan fingerprint density at radius 2 is 1.31 bits per heavy atom. The van der Waals surface area contributed by atoms with Crippen LogP contribution in [0.4, 0.5) is 0 Å². The zero-order valence-corrected chi connectivity index (χ0v) is 18.8. The molecular weight excluding hydrogens is 396 g/mol. The fourth-order valence-corrected chi connectivity index (χ4v) is 3.17. The van der Waals surface area contributed by atoms with E-state index in [1.165, 1.54) is 11.8 Å². The van der Waals surface area contributed by atoms with E-state index in [2.05, 4.69) is 16.0 Å². The van der Waals surface area contributed by atoms with E-state index in [9.17, 15) is 24.3 Å². The normalized spacial score (nSPS) is 14.2. The number of amides is 3. The number of carbonyl (C=O) groups is 4.